The van der Waals surface area contributed by atoms with Gasteiger partial charge in [-0.1, -0.05) is 0 Å². The Morgan fingerprint density at radius 2 is 1.73 bits per heavy atom. The third kappa shape index (κ3) is 3.16. The van der Waals surface area contributed by atoms with E-state index in [9.17, 15) is 29.6 Å². The van der Waals surface area contributed by atoms with Crippen molar-refractivity contribution in [2.75, 3.05) is 6.61 Å². The number of non-ortho nitro benzene ring substituents is 1. The molecule has 6 atom stereocenters. The van der Waals surface area contributed by atoms with E-state index in [1.807, 2.05) is 0 Å². The molecule has 1 saturated heterocycles. The van der Waals surface area contributed by atoms with Crippen molar-refractivity contribution in [1.29, 1.82) is 0 Å². The Morgan fingerprint density at radius 1 is 1.14 bits per heavy atom. The Kier molecular flexibility index (Phi) is 5.21. The Balaban J connectivity index is 2.22. The maximum absolute atomic E-state index is 12.4. The molecule has 0 amide bonds. The van der Waals surface area contributed by atoms with E-state index in [0.717, 1.165) is 12.1 Å². The van der Waals surface area contributed by atoms with Crippen LogP contribution < -0.4 is 0 Å². The monoisotopic (exact) mass is 333 g/mol. The summed E-state index contributed by atoms with van der Waals surface area (Å²) in [7, 11) is -1.96. The molecule has 2 rings (SSSR count). The second kappa shape index (κ2) is 6.77. The van der Waals surface area contributed by atoms with Gasteiger partial charge >= 0.3 is 0 Å². The molecule has 4 N–H and O–H groups in total. The summed E-state index contributed by atoms with van der Waals surface area (Å²) in [6.07, 6.45) is -5.96. The molecule has 1 aromatic carbocycles. The largest absolute Gasteiger partial charge is 0.394 e. The van der Waals surface area contributed by atoms with Crippen molar-refractivity contribution in [3.63, 3.8) is 0 Å². The van der Waals surface area contributed by atoms with Crippen molar-refractivity contribution in [3.05, 3.63) is 34.4 Å². The third-order valence-corrected chi connectivity index (χ3v) is 4.89. The molecule has 0 aliphatic carbocycles. The van der Waals surface area contributed by atoms with E-state index in [4.69, 9.17) is 9.84 Å². The van der Waals surface area contributed by atoms with Gasteiger partial charge in [-0.3, -0.25) is 14.3 Å². The summed E-state index contributed by atoms with van der Waals surface area (Å²) in [5.41, 5.74) is -1.56. The second-order valence-corrected chi connectivity index (χ2v) is 6.28. The van der Waals surface area contributed by atoms with Gasteiger partial charge in [-0.25, -0.2) is 0 Å². The van der Waals surface area contributed by atoms with E-state index in [1.54, 1.807) is 0 Å². The maximum Gasteiger partial charge on any atom is 0.269 e. The first-order valence-electron chi connectivity index (χ1n) is 6.32. The minimum atomic E-state index is -1.96. The predicted molar refractivity (Wildman–Crippen MR) is 73.3 cm³/mol. The van der Waals surface area contributed by atoms with E-state index < -0.39 is 52.2 Å². The van der Waals surface area contributed by atoms with E-state index in [2.05, 4.69) is 0 Å². The van der Waals surface area contributed by atoms with Crippen LogP contribution in [0.3, 0.4) is 0 Å². The van der Waals surface area contributed by atoms with E-state index >= 15 is 0 Å². The summed E-state index contributed by atoms with van der Waals surface area (Å²) in [6, 6.07) is 4.79. The van der Waals surface area contributed by atoms with Crippen molar-refractivity contribution >= 4 is 16.5 Å². The topological polar surface area (TPSA) is 150 Å². The fraction of sp³-hybridized carbons (Fsp3) is 0.500. The number of nitro groups is 1. The van der Waals surface area contributed by atoms with Crippen LogP contribution in [-0.4, -0.2) is 66.0 Å². The molecule has 1 aliphatic rings. The molecule has 2 unspecified atom stereocenters. The van der Waals surface area contributed by atoms with Gasteiger partial charge in [-0.2, -0.15) is 0 Å². The molecule has 22 heavy (non-hydrogen) atoms. The van der Waals surface area contributed by atoms with Gasteiger partial charge in [0.25, 0.3) is 5.69 Å². The van der Waals surface area contributed by atoms with Gasteiger partial charge in [0, 0.05) is 17.0 Å². The van der Waals surface area contributed by atoms with Gasteiger partial charge in [0.2, 0.25) is 0 Å². The average Bonchev–Trinajstić information content (AvgIpc) is 2.52. The Bertz CT molecular complexity index is 563. The normalized spacial score (nSPS) is 33.4. The molecule has 9 nitrogen and oxygen atoms in total. The number of hydrogen-bond donors (Lipinski definition) is 4. The summed E-state index contributed by atoms with van der Waals surface area (Å²) in [4.78, 5) is 10.1. The molecule has 122 valence electrons. The van der Waals surface area contributed by atoms with Crippen LogP contribution in [0.25, 0.3) is 0 Å². The zero-order chi connectivity index (χ0) is 16.4. The molecule has 0 aromatic heterocycles. The molecule has 10 heteroatoms. The standard InChI is InChI=1S/C12H15NO8S/c14-5-8-9(15)10(16)11(17)12(21-8)22(20)7-3-1-6(2-4-7)13(18)19/h1-4,8-12,14-17H,5H2/t8-,9-,10+,11-,12?,22?/m1/s1. The van der Waals surface area contributed by atoms with Crippen molar-refractivity contribution in [3.8, 4) is 0 Å². The summed E-state index contributed by atoms with van der Waals surface area (Å²) >= 11 is 0. The number of aliphatic hydroxyl groups excluding tert-OH is 4. The van der Waals surface area contributed by atoms with E-state index in [-0.39, 0.29) is 10.6 Å². The third-order valence-electron chi connectivity index (χ3n) is 3.34. The van der Waals surface area contributed by atoms with Gasteiger partial charge in [0.1, 0.15) is 24.4 Å². The molecular formula is C12H15NO8S. The number of hydrogen-bond acceptors (Lipinski definition) is 8. The minimum absolute atomic E-state index is 0.148. The highest BCUT2D eigenvalue weighted by atomic mass is 32.2. The molecule has 0 saturated carbocycles. The number of aliphatic hydroxyl groups is 4. The highest BCUT2D eigenvalue weighted by Crippen LogP contribution is 2.27. The van der Waals surface area contributed by atoms with Crippen LogP contribution in [0.2, 0.25) is 0 Å². The van der Waals surface area contributed by atoms with Gasteiger partial charge in [0.05, 0.1) is 22.3 Å². The molecule has 1 fully saturated rings. The summed E-state index contributed by atoms with van der Waals surface area (Å²) < 4.78 is 17.6. The first-order valence-corrected chi connectivity index (χ1v) is 7.53. The summed E-state index contributed by atoms with van der Waals surface area (Å²) in [5.74, 6) is 0. The van der Waals surface area contributed by atoms with Crippen LogP contribution in [-0.2, 0) is 15.5 Å². The summed E-state index contributed by atoms with van der Waals surface area (Å²) in [6.45, 7) is -0.626. The number of nitro benzene ring substituents is 1. The Morgan fingerprint density at radius 3 is 2.23 bits per heavy atom. The number of rotatable bonds is 4. The Hall–Kier alpha value is -1.43. The second-order valence-electron chi connectivity index (χ2n) is 4.75. The van der Waals surface area contributed by atoms with E-state index in [0.29, 0.717) is 0 Å². The van der Waals surface area contributed by atoms with Gasteiger partial charge in [-0.15, -0.1) is 0 Å². The van der Waals surface area contributed by atoms with Crippen LogP contribution in [0.4, 0.5) is 5.69 Å². The zero-order valence-corrected chi connectivity index (χ0v) is 12.0. The van der Waals surface area contributed by atoms with Crippen LogP contribution in [0.1, 0.15) is 0 Å². The fourth-order valence-electron chi connectivity index (χ4n) is 2.08. The lowest BCUT2D eigenvalue weighted by Gasteiger charge is -2.39. The van der Waals surface area contributed by atoms with Crippen molar-refractivity contribution in [2.45, 2.75) is 34.7 Å². The molecule has 1 heterocycles. The van der Waals surface area contributed by atoms with E-state index in [1.165, 1.54) is 12.1 Å². The van der Waals surface area contributed by atoms with Crippen LogP contribution >= 0.6 is 0 Å². The summed E-state index contributed by atoms with van der Waals surface area (Å²) in [5, 5.41) is 48.9. The first kappa shape index (κ1) is 16.9. The maximum atomic E-state index is 12.4. The number of ether oxygens (including phenoxy) is 1. The van der Waals surface area contributed by atoms with Crippen molar-refractivity contribution < 1.29 is 34.3 Å². The zero-order valence-electron chi connectivity index (χ0n) is 11.2. The Labute approximate surface area is 127 Å². The number of nitrogens with zero attached hydrogens (tertiary/aromatic N) is 1. The van der Waals surface area contributed by atoms with Gasteiger partial charge in [-0.05, 0) is 12.1 Å². The SMILES string of the molecule is O=[N+]([O-])c1ccc(S(=O)C2O[C@H](CO)[C@@H](O)[C@H](O)[C@H]2O)cc1. The highest BCUT2D eigenvalue weighted by molar-refractivity contribution is 7.85. The van der Waals surface area contributed by atoms with Crippen LogP contribution in [0, 0.1) is 10.1 Å². The van der Waals surface area contributed by atoms with Gasteiger partial charge < -0.3 is 25.2 Å². The first-order chi connectivity index (χ1) is 10.4. The van der Waals surface area contributed by atoms with Crippen molar-refractivity contribution in [2.24, 2.45) is 0 Å². The molecule has 0 spiro atoms. The minimum Gasteiger partial charge on any atom is -0.394 e. The molecule has 1 aromatic rings. The van der Waals surface area contributed by atoms with Gasteiger partial charge in [0.15, 0.2) is 5.44 Å². The lowest BCUT2D eigenvalue weighted by atomic mass is 10.0. The smallest absolute Gasteiger partial charge is 0.269 e. The molecule has 0 bridgehead atoms. The quantitative estimate of drug-likeness (QED) is 0.384. The van der Waals surface area contributed by atoms with Crippen LogP contribution in [0.15, 0.2) is 29.2 Å². The fourth-order valence-corrected chi connectivity index (χ4v) is 3.41. The lowest BCUT2D eigenvalue weighted by molar-refractivity contribution is -0.384. The molecule has 0 radical (unpaired) electrons. The van der Waals surface area contributed by atoms with Crippen molar-refractivity contribution in [1.82, 2.24) is 0 Å². The number of benzene rings is 1. The lowest BCUT2D eigenvalue weighted by Crippen LogP contribution is -2.59. The molecule has 1 aliphatic heterocycles. The average molecular weight is 333 g/mol. The molecular weight excluding hydrogens is 318 g/mol. The van der Waals surface area contributed by atoms with Crippen LogP contribution in [0.5, 0.6) is 0 Å². The predicted octanol–water partition coefficient (Wildman–Crippen LogP) is -1.50. The highest BCUT2D eigenvalue weighted by Gasteiger charge is 2.46.